The van der Waals surface area contributed by atoms with E-state index in [1.807, 2.05) is 25.2 Å². The first kappa shape index (κ1) is 8.16. The Morgan fingerprint density at radius 2 is 2.20 bits per heavy atom. The summed E-state index contributed by atoms with van der Waals surface area (Å²) in [6.45, 7) is 4.04. The van der Waals surface area contributed by atoms with E-state index in [2.05, 4.69) is 6.92 Å². The molecule has 0 bridgehead atoms. The second kappa shape index (κ2) is 2.60. The number of halogens is 2. The molecule has 0 unspecified atom stereocenters. The summed E-state index contributed by atoms with van der Waals surface area (Å²) in [5.74, 6) is 0.312. The van der Waals surface area contributed by atoms with Crippen molar-refractivity contribution in [1.29, 1.82) is 0 Å². The fourth-order valence-electron chi connectivity index (χ4n) is 0.852. The van der Waals surface area contributed by atoms with Crippen molar-refractivity contribution in [2.45, 2.75) is 18.7 Å². The topological polar surface area (TPSA) is 0 Å². The molecule has 0 aromatic carbocycles. The van der Waals surface area contributed by atoms with Crippen LogP contribution in [0.3, 0.4) is 0 Å². The van der Waals surface area contributed by atoms with Gasteiger partial charge in [0, 0.05) is 5.03 Å². The highest BCUT2D eigenvalue weighted by atomic mass is 35.5. The maximum atomic E-state index is 6.10. The first-order valence-corrected chi connectivity index (χ1v) is 4.03. The second-order valence-electron chi connectivity index (χ2n) is 2.82. The molecular formula is C8H10Cl2. The van der Waals surface area contributed by atoms with E-state index in [9.17, 15) is 0 Å². The third-order valence-electron chi connectivity index (χ3n) is 1.87. The van der Waals surface area contributed by atoms with Gasteiger partial charge >= 0.3 is 0 Å². The Morgan fingerprint density at radius 1 is 1.60 bits per heavy atom. The van der Waals surface area contributed by atoms with E-state index in [-0.39, 0.29) is 4.87 Å². The van der Waals surface area contributed by atoms with Crippen LogP contribution in [-0.4, -0.2) is 4.87 Å². The minimum absolute atomic E-state index is 0.252. The molecule has 56 valence electrons. The first-order valence-electron chi connectivity index (χ1n) is 3.28. The molecule has 1 aliphatic carbocycles. The Labute approximate surface area is 71.5 Å². The minimum Gasteiger partial charge on any atom is -0.114 e. The van der Waals surface area contributed by atoms with E-state index in [4.69, 9.17) is 23.2 Å². The van der Waals surface area contributed by atoms with Gasteiger partial charge < -0.3 is 0 Å². The molecule has 10 heavy (non-hydrogen) atoms. The van der Waals surface area contributed by atoms with Crippen LogP contribution in [0.15, 0.2) is 23.3 Å². The molecule has 0 saturated carbocycles. The average molecular weight is 177 g/mol. The van der Waals surface area contributed by atoms with E-state index in [0.29, 0.717) is 5.92 Å². The van der Waals surface area contributed by atoms with Crippen molar-refractivity contribution in [1.82, 2.24) is 0 Å². The molecule has 0 heterocycles. The van der Waals surface area contributed by atoms with Crippen molar-refractivity contribution in [3.63, 3.8) is 0 Å². The second-order valence-corrected chi connectivity index (χ2v) is 4.08. The molecule has 0 amide bonds. The standard InChI is InChI=1S/C8H10Cl2/c1-6-5-7(9)3-4-8(6,2)10/h3-6H,1-2H3/t6-,8-/m1/s1. The van der Waals surface area contributed by atoms with Gasteiger partial charge in [0.05, 0.1) is 4.87 Å². The van der Waals surface area contributed by atoms with Crippen LogP contribution in [0.2, 0.25) is 0 Å². The van der Waals surface area contributed by atoms with Gasteiger partial charge in [-0.2, -0.15) is 0 Å². The van der Waals surface area contributed by atoms with Gasteiger partial charge in [0.25, 0.3) is 0 Å². The lowest BCUT2D eigenvalue weighted by Crippen LogP contribution is -2.23. The Morgan fingerprint density at radius 3 is 2.60 bits per heavy atom. The summed E-state index contributed by atoms with van der Waals surface area (Å²) in [6, 6.07) is 0. The number of rotatable bonds is 0. The van der Waals surface area contributed by atoms with Crippen molar-refractivity contribution in [3.05, 3.63) is 23.3 Å². The molecule has 1 aliphatic rings. The molecule has 0 saturated heterocycles. The largest absolute Gasteiger partial charge is 0.114 e. The highest BCUT2D eigenvalue weighted by Gasteiger charge is 2.26. The molecule has 2 atom stereocenters. The smallest absolute Gasteiger partial charge is 0.0661 e. The Balaban J connectivity index is 2.84. The summed E-state index contributed by atoms with van der Waals surface area (Å²) in [6.07, 6.45) is 5.74. The molecule has 2 heteroatoms. The molecule has 0 spiro atoms. The molecule has 0 aromatic heterocycles. The average Bonchev–Trinajstić information content (AvgIpc) is 1.81. The van der Waals surface area contributed by atoms with Crippen LogP contribution in [-0.2, 0) is 0 Å². The van der Waals surface area contributed by atoms with Crippen LogP contribution in [0.1, 0.15) is 13.8 Å². The third kappa shape index (κ3) is 1.56. The van der Waals surface area contributed by atoms with Gasteiger partial charge in [-0.15, -0.1) is 11.6 Å². The fourth-order valence-corrected chi connectivity index (χ4v) is 1.23. The van der Waals surface area contributed by atoms with Crippen LogP contribution in [0.5, 0.6) is 0 Å². The predicted octanol–water partition coefficient (Wildman–Crippen LogP) is 3.31. The van der Waals surface area contributed by atoms with Gasteiger partial charge in [-0.1, -0.05) is 30.7 Å². The third-order valence-corrected chi connectivity index (χ3v) is 2.59. The normalized spacial score (nSPS) is 39.6. The van der Waals surface area contributed by atoms with Crippen molar-refractivity contribution < 1.29 is 0 Å². The summed E-state index contributed by atoms with van der Waals surface area (Å²) < 4.78 is 0. The van der Waals surface area contributed by atoms with Gasteiger partial charge in [0.1, 0.15) is 0 Å². The maximum Gasteiger partial charge on any atom is 0.0661 e. The lowest BCUT2D eigenvalue weighted by Gasteiger charge is -2.26. The summed E-state index contributed by atoms with van der Waals surface area (Å²) in [7, 11) is 0. The summed E-state index contributed by atoms with van der Waals surface area (Å²) in [5.41, 5.74) is 0. The number of alkyl halides is 1. The van der Waals surface area contributed by atoms with Crippen LogP contribution in [0.25, 0.3) is 0 Å². The molecule has 0 aromatic rings. The van der Waals surface area contributed by atoms with Crippen LogP contribution >= 0.6 is 23.2 Å². The molecule has 0 fully saturated rings. The zero-order valence-corrected chi connectivity index (χ0v) is 7.58. The summed E-state index contributed by atoms with van der Waals surface area (Å²) in [4.78, 5) is -0.252. The molecule has 0 aliphatic heterocycles. The van der Waals surface area contributed by atoms with E-state index >= 15 is 0 Å². The lowest BCUT2D eigenvalue weighted by molar-refractivity contribution is 0.588. The minimum atomic E-state index is -0.252. The highest BCUT2D eigenvalue weighted by Crippen LogP contribution is 2.33. The van der Waals surface area contributed by atoms with Gasteiger partial charge in [-0.3, -0.25) is 0 Å². The Kier molecular flexibility index (Phi) is 2.12. The SMILES string of the molecule is C[C@@H]1C=C(Cl)C=C[C@@]1(C)Cl. The van der Waals surface area contributed by atoms with E-state index in [1.54, 1.807) is 0 Å². The van der Waals surface area contributed by atoms with Crippen molar-refractivity contribution in [2.75, 3.05) is 0 Å². The van der Waals surface area contributed by atoms with E-state index in [1.165, 1.54) is 0 Å². The molecular weight excluding hydrogens is 167 g/mol. The molecule has 0 nitrogen and oxygen atoms in total. The molecule has 0 N–H and O–H groups in total. The van der Waals surface area contributed by atoms with Crippen LogP contribution < -0.4 is 0 Å². The van der Waals surface area contributed by atoms with Gasteiger partial charge in [0.2, 0.25) is 0 Å². The lowest BCUT2D eigenvalue weighted by atomic mass is 9.91. The predicted molar refractivity (Wildman–Crippen MR) is 46.5 cm³/mol. The number of allylic oxidation sites excluding steroid dienone is 4. The van der Waals surface area contributed by atoms with Gasteiger partial charge in [-0.05, 0) is 18.9 Å². The number of hydrogen-bond donors (Lipinski definition) is 0. The van der Waals surface area contributed by atoms with E-state index in [0.717, 1.165) is 5.03 Å². The quantitative estimate of drug-likeness (QED) is 0.498. The van der Waals surface area contributed by atoms with Crippen molar-refractivity contribution in [2.24, 2.45) is 5.92 Å². The first-order chi connectivity index (χ1) is 4.52. The maximum absolute atomic E-state index is 6.10. The summed E-state index contributed by atoms with van der Waals surface area (Å²) in [5, 5.41) is 0.783. The fraction of sp³-hybridized carbons (Fsp3) is 0.500. The van der Waals surface area contributed by atoms with E-state index < -0.39 is 0 Å². The zero-order valence-electron chi connectivity index (χ0n) is 6.07. The van der Waals surface area contributed by atoms with Gasteiger partial charge in [0.15, 0.2) is 0 Å². The zero-order chi connectivity index (χ0) is 7.78. The molecule has 1 rings (SSSR count). The van der Waals surface area contributed by atoms with Crippen molar-refractivity contribution >= 4 is 23.2 Å². The van der Waals surface area contributed by atoms with Gasteiger partial charge in [-0.25, -0.2) is 0 Å². The Bertz CT molecular complexity index is 189. The van der Waals surface area contributed by atoms with Crippen molar-refractivity contribution in [3.8, 4) is 0 Å². The molecule has 0 radical (unpaired) electrons. The monoisotopic (exact) mass is 176 g/mol. The Hall–Kier alpha value is 0.0600. The highest BCUT2D eigenvalue weighted by molar-refractivity contribution is 6.32. The summed E-state index contributed by atoms with van der Waals surface area (Å²) >= 11 is 11.9. The van der Waals surface area contributed by atoms with Crippen LogP contribution in [0, 0.1) is 5.92 Å². The number of hydrogen-bond acceptors (Lipinski definition) is 0. The van der Waals surface area contributed by atoms with Crippen LogP contribution in [0.4, 0.5) is 0 Å².